The molecular weight excluding hydrogens is 221 g/mol. The largest absolute Gasteiger partial charge is 0 e. The van der Waals surface area contributed by atoms with Gasteiger partial charge in [-0.1, -0.05) is 0 Å². The molecule has 6 radical (unpaired) electrons. The van der Waals surface area contributed by atoms with Gasteiger partial charge in [-0.2, -0.15) is 0 Å². The van der Waals surface area contributed by atoms with E-state index in [1.165, 1.54) is 0 Å². The van der Waals surface area contributed by atoms with E-state index < -0.39 is 0 Å². The minimum absolute atomic E-state index is 0. The molecule has 0 N–H and O–H groups in total. The molecule has 0 aromatic rings. The molecule has 0 bridgehead atoms. The molecule has 0 saturated heterocycles. The predicted octanol–water partition coefficient (Wildman–Crippen LogP) is -0.769. The minimum atomic E-state index is 0. The SMILES string of the molecule is [Al].[Fe].[Mg].[Mn].[Ni]. The maximum Gasteiger partial charge on any atom is 0 e. The summed E-state index contributed by atoms with van der Waals surface area (Å²) in [7, 11) is 0. The smallest absolute Gasteiger partial charge is 0 e. The van der Waals surface area contributed by atoms with Crippen LogP contribution in [-0.2, 0) is 50.6 Å². The zero-order valence-electron chi connectivity index (χ0n) is 2.33. The van der Waals surface area contributed by atoms with Gasteiger partial charge in [0.1, 0.15) is 0 Å². The average Bonchev–Trinajstić information content (AvgIpc) is 0. The molecule has 0 aliphatic carbocycles. The van der Waals surface area contributed by atoms with Gasteiger partial charge in [0.2, 0.25) is 0 Å². The zero-order chi connectivity index (χ0) is 0. The molecule has 0 atom stereocenters. The predicted molar refractivity (Wildman–Crippen MR) is 11.5 cm³/mol. The molecule has 0 aliphatic rings. The molecule has 5 heteroatoms. The van der Waals surface area contributed by atoms with Crippen molar-refractivity contribution in [2.75, 3.05) is 0 Å². The summed E-state index contributed by atoms with van der Waals surface area (Å²) in [5.74, 6) is 0. The first kappa shape index (κ1) is 45.6. The molecular formula is AlFeMgMnNi. The van der Waals surface area contributed by atoms with Crippen LogP contribution in [0.3, 0.4) is 0 Å². The summed E-state index contributed by atoms with van der Waals surface area (Å²) in [6, 6.07) is 0. The first-order valence-electron chi connectivity index (χ1n) is 0. The van der Waals surface area contributed by atoms with Crippen LogP contribution in [0.4, 0.5) is 0 Å². The normalized spacial score (nSPS) is 0. The van der Waals surface area contributed by atoms with Gasteiger partial charge in [0.05, 0.1) is 0 Å². The van der Waals surface area contributed by atoms with Gasteiger partial charge in [0.25, 0.3) is 0 Å². The maximum absolute atomic E-state index is 0. The molecule has 0 heterocycles. The summed E-state index contributed by atoms with van der Waals surface area (Å²) < 4.78 is 0. The van der Waals surface area contributed by atoms with Crippen molar-refractivity contribution in [1.82, 2.24) is 0 Å². The van der Waals surface area contributed by atoms with Crippen LogP contribution in [0.15, 0.2) is 0 Å². The van der Waals surface area contributed by atoms with E-state index in [1.54, 1.807) is 0 Å². The molecule has 0 fully saturated rings. The van der Waals surface area contributed by atoms with Crippen molar-refractivity contribution < 1.29 is 50.6 Å². The Morgan fingerprint density at radius 3 is 1.00 bits per heavy atom. The van der Waals surface area contributed by atoms with Crippen LogP contribution in [0.5, 0.6) is 0 Å². The molecule has 0 aliphatic heterocycles. The van der Waals surface area contributed by atoms with Crippen LogP contribution < -0.4 is 0 Å². The van der Waals surface area contributed by atoms with E-state index in [1.807, 2.05) is 0 Å². The van der Waals surface area contributed by atoms with Crippen molar-refractivity contribution in [3.63, 3.8) is 0 Å². The fraction of sp³-hybridized carbons (Fsp3) is 0. The Kier molecular flexibility index (Phi) is 264. The van der Waals surface area contributed by atoms with Gasteiger partial charge >= 0.3 is 0 Å². The Bertz CT molecular complexity index is 11.6. The number of hydrogen-bond acceptors (Lipinski definition) is 0. The van der Waals surface area contributed by atoms with Crippen molar-refractivity contribution in [1.29, 1.82) is 0 Å². The molecule has 0 aromatic heterocycles. The summed E-state index contributed by atoms with van der Waals surface area (Å²) in [6.07, 6.45) is 0. The summed E-state index contributed by atoms with van der Waals surface area (Å²) in [5.41, 5.74) is 0. The van der Waals surface area contributed by atoms with Crippen molar-refractivity contribution in [3.05, 3.63) is 0 Å². The van der Waals surface area contributed by atoms with Crippen LogP contribution in [0.25, 0.3) is 0 Å². The van der Waals surface area contributed by atoms with Crippen molar-refractivity contribution in [2.45, 2.75) is 0 Å². The Hall–Kier alpha value is 2.83. The standard InChI is InChI=1S/Al.Fe.Mg.Mn.Ni. The summed E-state index contributed by atoms with van der Waals surface area (Å²) >= 11 is 0. The third kappa shape index (κ3) is 19.9. The van der Waals surface area contributed by atoms with E-state index in [2.05, 4.69) is 0 Å². The Labute approximate surface area is 89.7 Å². The minimum Gasteiger partial charge on any atom is 0 e. The van der Waals surface area contributed by atoms with Gasteiger partial charge in [-0.3, -0.25) is 0 Å². The third-order valence-corrected chi connectivity index (χ3v) is 0. The summed E-state index contributed by atoms with van der Waals surface area (Å²) in [4.78, 5) is 0. The van der Waals surface area contributed by atoms with Crippen LogP contribution in [0, 0.1) is 0 Å². The van der Waals surface area contributed by atoms with E-state index in [-0.39, 0.29) is 91.0 Å². The molecule has 0 unspecified atom stereocenters. The van der Waals surface area contributed by atoms with Crippen LogP contribution in [0.2, 0.25) is 0 Å². The second-order valence-electron chi connectivity index (χ2n) is 0. The van der Waals surface area contributed by atoms with E-state index in [9.17, 15) is 0 Å². The molecule has 0 aromatic carbocycles. The fourth-order valence-corrected chi connectivity index (χ4v) is 0. The van der Waals surface area contributed by atoms with Gasteiger partial charge in [-0.25, -0.2) is 0 Å². The molecule has 0 nitrogen and oxygen atoms in total. The van der Waals surface area contributed by atoms with Gasteiger partial charge in [0.15, 0.2) is 0 Å². The van der Waals surface area contributed by atoms with Gasteiger partial charge < -0.3 is 0 Å². The van der Waals surface area contributed by atoms with Crippen LogP contribution >= 0.6 is 0 Å². The second kappa shape index (κ2) is 29.0. The maximum atomic E-state index is 0. The van der Waals surface area contributed by atoms with Crippen molar-refractivity contribution >= 4 is 40.4 Å². The fourth-order valence-electron chi connectivity index (χ4n) is 0. The van der Waals surface area contributed by atoms with Crippen molar-refractivity contribution in [2.24, 2.45) is 0 Å². The van der Waals surface area contributed by atoms with Crippen molar-refractivity contribution in [3.8, 4) is 0 Å². The topological polar surface area (TPSA) is 0 Å². The molecule has 5 heavy (non-hydrogen) atoms. The quantitative estimate of drug-likeness (QED) is 0.471. The number of rotatable bonds is 0. The van der Waals surface area contributed by atoms with E-state index in [4.69, 9.17) is 0 Å². The summed E-state index contributed by atoms with van der Waals surface area (Å²) in [5, 5.41) is 0. The Morgan fingerprint density at radius 1 is 1.00 bits per heavy atom. The third-order valence-electron chi connectivity index (χ3n) is 0. The van der Waals surface area contributed by atoms with Crippen LogP contribution in [-0.4, -0.2) is 40.4 Å². The summed E-state index contributed by atoms with van der Waals surface area (Å²) in [6.45, 7) is 0. The zero-order valence-corrected chi connectivity index (χ0v) is 8.17. The Balaban J connectivity index is 0. The van der Waals surface area contributed by atoms with Gasteiger partial charge in [-0.05, 0) is 0 Å². The average molecular weight is 221 g/mol. The van der Waals surface area contributed by atoms with Gasteiger partial charge in [0, 0.05) is 91.0 Å². The second-order valence-corrected chi connectivity index (χ2v) is 0. The first-order valence-corrected chi connectivity index (χ1v) is 0. The molecule has 0 spiro atoms. The van der Waals surface area contributed by atoms with Crippen LogP contribution in [0.1, 0.15) is 0 Å². The molecule has 0 saturated carbocycles. The van der Waals surface area contributed by atoms with E-state index in [0.29, 0.717) is 0 Å². The van der Waals surface area contributed by atoms with E-state index >= 15 is 0 Å². The number of hydrogen-bond donors (Lipinski definition) is 0. The molecule has 30 valence electrons. The monoisotopic (exact) mass is 220 g/mol. The van der Waals surface area contributed by atoms with E-state index in [0.717, 1.165) is 0 Å². The van der Waals surface area contributed by atoms with Gasteiger partial charge in [-0.15, -0.1) is 0 Å². The Morgan fingerprint density at radius 2 is 1.00 bits per heavy atom. The molecule has 0 amide bonds. The first-order chi connectivity index (χ1) is 0. The molecule has 0 rings (SSSR count).